The van der Waals surface area contributed by atoms with Crippen LogP contribution in [0, 0.1) is 0 Å². The molecule has 1 heterocycles. The van der Waals surface area contributed by atoms with Crippen LogP contribution in [0.1, 0.15) is 17.4 Å². The summed E-state index contributed by atoms with van der Waals surface area (Å²) in [5.74, 6) is 0. The lowest BCUT2D eigenvalue weighted by molar-refractivity contribution is 0.560. The Morgan fingerprint density at radius 2 is 2.14 bits per heavy atom. The fourth-order valence-corrected chi connectivity index (χ4v) is 4.39. The first-order valence-electron chi connectivity index (χ1n) is 6.45. The van der Waals surface area contributed by atoms with Crippen molar-refractivity contribution in [2.75, 3.05) is 0 Å². The van der Waals surface area contributed by atoms with E-state index >= 15 is 0 Å². The van der Waals surface area contributed by atoms with Crippen LogP contribution in [0.15, 0.2) is 40.6 Å². The Balaban J connectivity index is 2.12. The molecule has 21 heavy (non-hydrogen) atoms. The first-order valence-corrected chi connectivity index (χ1v) is 9.19. The number of halogens is 1. The Kier molecular flexibility index (Phi) is 5.40. The van der Waals surface area contributed by atoms with Crippen molar-refractivity contribution in [3.63, 3.8) is 0 Å². The molecule has 0 aliphatic carbocycles. The van der Waals surface area contributed by atoms with Crippen LogP contribution < -0.4 is 10.5 Å². The van der Waals surface area contributed by atoms with Gasteiger partial charge < -0.3 is 5.73 Å². The van der Waals surface area contributed by atoms with Gasteiger partial charge in [-0.1, -0.05) is 23.7 Å². The maximum absolute atomic E-state index is 12.3. The van der Waals surface area contributed by atoms with E-state index in [1.807, 2.05) is 24.4 Å². The van der Waals surface area contributed by atoms with Gasteiger partial charge in [0.15, 0.2) is 0 Å². The molecule has 4 nitrogen and oxygen atoms in total. The highest BCUT2D eigenvalue weighted by molar-refractivity contribution is 7.89. The lowest BCUT2D eigenvalue weighted by Gasteiger charge is -2.14. The minimum atomic E-state index is -3.58. The molecule has 0 saturated carbocycles. The number of nitrogens with one attached hydrogen (secondary N) is 1. The summed E-state index contributed by atoms with van der Waals surface area (Å²) < 4.78 is 27.3. The summed E-state index contributed by atoms with van der Waals surface area (Å²) in [5.41, 5.74) is 6.24. The Hall–Kier alpha value is -0.920. The maximum Gasteiger partial charge on any atom is 0.240 e. The van der Waals surface area contributed by atoms with E-state index < -0.39 is 10.0 Å². The van der Waals surface area contributed by atoms with Gasteiger partial charge in [0.05, 0.1) is 4.90 Å². The van der Waals surface area contributed by atoms with Crippen molar-refractivity contribution >= 4 is 33.0 Å². The summed E-state index contributed by atoms with van der Waals surface area (Å²) in [6, 6.07) is 8.34. The molecule has 1 aromatic heterocycles. The molecule has 0 amide bonds. The van der Waals surface area contributed by atoms with E-state index in [2.05, 4.69) is 4.72 Å². The molecule has 7 heteroatoms. The SMILES string of the molecule is CC(Cc1cccs1)NS(=O)(=O)c1ccc(CN)c(Cl)c1. The molecule has 0 spiro atoms. The first kappa shape index (κ1) is 16.5. The van der Waals surface area contributed by atoms with Crippen LogP contribution in [0.2, 0.25) is 5.02 Å². The van der Waals surface area contributed by atoms with Gasteiger partial charge in [-0.3, -0.25) is 0 Å². The van der Waals surface area contributed by atoms with E-state index in [0.29, 0.717) is 11.4 Å². The second-order valence-electron chi connectivity index (χ2n) is 4.76. The summed E-state index contributed by atoms with van der Waals surface area (Å²) in [6.07, 6.45) is 0.658. The van der Waals surface area contributed by atoms with Crippen LogP contribution in [-0.4, -0.2) is 14.5 Å². The van der Waals surface area contributed by atoms with Crippen LogP contribution in [0.4, 0.5) is 0 Å². The fourth-order valence-electron chi connectivity index (χ4n) is 1.97. The Bertz CT molecular complexity index is 700. The van der Waals surface area contributed by atoms with Gasteiger partial charge in [-0.25, -0.2) is 13.1 Å². The molecule has 0 radical (unpaired) electrons. The van der Waals surface area contributed by atoms with E-state index in [0.717, 1.165) is 10.4 Å². The topological polar surface area (TPSA) is 72.2 Å². The number of sulfonamides is 1. The first-order chi connectivity index (χ1) is 9.92. The molecular weight excluding hydrogens is 328 g/mol. The summed E-state index contributed by atoms with van der Waals surface area (Å²) in [5, 5.41) is 2.34. The van der Waals surface area contributed by atoms with Crippen molar-refractivity contribution in [1.29, 1.82) is 0 Å². The number of thiophene rings is 1. The van der Waals surface area contributed by atoms with Gasteiger partial charge in [0.25, 0.3) is 0 Å². The van der Waals surface area contributed by atoms with Gasteiger partial charge in [0.2, 0.25) is 10.0 Å². The number of benzene rings is 1. The average molecular weight is 345 g/mol. The molecular formula is C14H17ClN2O2S2. The predicted octanol–water partition coefficient (Wildman–Crippen LogP) is 2.77. The molecule has 2 aromatic rings. The van der Waals surface area contributed by atoms with Crippen LogP contribution in [0.5, 0.6) is 0 Å². The molecule has 1 aromatic carbocycles. The number of nitrogens with two attached hydrogens (primary N) is 1. The summed E-state index contributed by atoms with van der Waals surface area (Å²) in [6.45, 7) is 2.12. The molecule has 1 atom stereocenters. The van der Waals surface area contributed by atoms with Crippen molar-refractivity contribution < 1.29 is 8.42 Å². The number of rotatable bonds is 6. The summed E-state index contributed by atoms with van der Waals surface area (Å²) in [4.78, 5) is 1.30. The van der Waals surface area contributed by atoms with Crippen molar-refractivity contribution in [2.24, 2.45) is 5.73 Å². The molecule has 3 N–H and O–H groups in total. The standard InChI is InChI=1S/C14H17ClN2O2S2/c1-10(7-12-3-2-6-20-12)17-21(18,19)13-5-4-11(9-16)14(15)8-13/h2-6,8,10,17H,7,9,16H2,1H3. The van der Waals surface area contributed by atoms with E-state index in [1.165, 1.54) is 12.1 Å². The van der Waals surface area contributed by atoms with E-state index in [1.54, 1.807) is 17.4 Å². The predicted molar refractivity (Wildman–Crippen MR) is 87.1 cm³/mol. The summed E-state index contributed by atoms with van der Waals surface area (Å²) >= 11 is 7.63. The Morgan fingerprint density at radius 1 is 1.38 bits per heavy atom. The third-order valence-electron chi connectivity index (χ3n) is 3.00. The van der Waals surface area contributed by atoms with Crippen LogP contribution >= 0.6 is 22.9 Å². The molecule has 0 saturated heterocycles. The second-order valence-corrected chi connectivity index (χ2v) is 7.92. The van der Waals surface area contributed by atoms with E-state index in [-0.39, 0.29) is 17.5 Å². The van der Waals surface area contributed by atoms with Gasteiger partial charge in [0.1, 0.15) is 0 Å². The molecule has 0 aliphatic rings. The molecule has 0 fully saturated rings. The fraction of sp³-hybridized carbons (Fsp3) is 0.286. The lowest BCUT2D eigenvalue weighted by atomic mass is 10.2. The Morgan fingerprint density at radius 3 is 2.71 bits per heavy atom. The molecule has 1 unspecified atom stereocenters. The zero-order valence-electron chi connectivity index (χ0n) is 11.5. The Labute approximate surface area is 134 Å². The molecule has 0 aliphatic heterocycles. The third-order valence-corrected chi connectivity index (χ3v) is 5.84. The van der Waals surface area contributed by atoms with Gasteiger partial charge in [0, 0.05) is 22.5 Å². The minimum Gasteiger partial charge on any atom is -0.326 e. The smallest absolute Gasteiger partial charge is 0.240 e. The van der Waals surface area contributed by atoms with Crippen molar-refractivity contribution in [1.82, 2.24) is 4.72 Å². The molecule has 114 valence electrons. The van der Waals surface area contributed by atoms with Crippen molar-refractivity contribution in [2.45, 2.75) is 30.8 Å². The van der Waals surface area contributed by atoms with Crippen molar-refractivity contribution in [3.8, 4) is 0 Å². The van der Waals surface area contributed by atoms with Gasteiger partial charge in [-0.15, -0.1) is 11.3 Å². The highest BCUT2D eigenvalue weighted by Crippen LogP contribution is 2.21. The quantitative estimate of drug-likeness (QED) is 0.846. The number of hydrogen-bond acceptors (Lipinski definition) is 4. The van der Waals surface area contributed by atoms with Crippen LogP contribution in [-0.2, 0) is 23.0 Å². The average Bonchev–Trinajstić information content (AvgIpc) is 2.90. The lowest BCUT2D eigenvalue weighted by Crippen LogP contribution is -2.33. The van der Waals surface area contributed by atoms with Crippen molar-refractivity contribution in [3.05, 3.63) is 51.2 Å². The number of hydrogen-bond donors (Lipinski definition) is 2. The maximum atomic E-state index is 12.3. The second kappa shape index (κ2) is 6.89. The summed E-state index contributed by atoms with van der Waals surface area (Å²) in [7, 11) is -3.58. The zero-order valence-corrected chi connectivity index (χ0v) is 13.9. The monoisotopic (exact) mass is 344 g/mol. The molecule has 2 rings (SSSR count). The zero-order chi connectivity index (χ0) is 15.5. The highest BCUT2D eigenvalue weighted by Gasteiger charge is 2.18. The van der Waals surface area contributed by atoms with Gasteiger partial charge in [-0.2, -0.15) is 0 Å². The van der Waals surface area contributed by atoms with Crippen LogP contribution in [0.3, 0.4) is 0 Å². The normalized spacial score (nSPS) is 13.3. The van der Waals surface area contributed by atoms with Gasteiger partial charge in [-0.05, 0) is 42.5 Å². The van der Waals surface area contributed by atoms with E-state index in [9.17, 15) is 8.42 Å². The van der Waals surface area contributed by atoms with E-state index in [4.69, 9.17) is 17.3 Å². The highest BCUT2D eigenvalue weighted by atomic mass is 35.5. The molecule has 0 bridgehead atoms. The largest absolute Gasteiger partial charge is 0.326 e. The minimum absolute atomic E-state index is 0.155. The third kappa shape index (κ3) is 4.28. The van der Waals surface area contributed by atoms with Crippen LogP contribution in [0.25, 0.3) is 0 Å². The van der Waals surface area contributed by atoms with Gasteiger partial charge >= 0.3 is 0 Å².